The van der Waals surface area contributed by atoms with Gasteiger partial charge in [0, 0.05) is 5.56 Å². The third kappa shape index (κ3) is 4.83. The van der Waals surface area contributed by atoms with E-state index in [1.807, 2.05) is 20.3 Å². The molecule has 3 nitrogen and oxygen atoms in total. The van der Waals surface area contributed by atoms with Crippen LogP contribution in [0.3, 0.4) is 0 Å². The van der Waals surface area contributed by atoms with Crippen molar-refractivity contribution in [2.45, 2.75) is 82.1 Å². The van der Waals surface area contributed by atoms with E-state index in [1.54, 1.807) is 0 Å². The molecule has 3 aromatic carbocycles. The minimum atomic E-state index is -0.394. The number of hydrogen-bond donors (Lipinski definition) is 1. The van der Waals surface area contributed by atoms with Gasteiger partial charge in [-0.1, -0.05) is 82.8 Å². The van der Waals surface area contributed by atoms with E-state index in [4.69, 9.17) is 9.47 Å². The average molecular weight is 491 g/mol. The van der Waals surface area contributed by atoms with Crippen LogP contribution in [-0.4, -0.2) is 30.6 Å². The molecule has 0 amide bonds. The van der Waals surface area contributed by atoms with E-state index >= 15 is 0 Å². The van der Waals surface area contributed by atoms with Crippen LogP contribution in [0.2, 0.25) is 0 Å². The van der Waals surface area contributed by atoms with E-state index in [9.17, 15) is 5.11 Å². The number of methoxy groups -OCH3 is 2. The van der Waals surface area contributed by atoms with Gasteiger partial charge in [0.2, 0.25) is 0 Å². The zero-order valence-electron chi connectivity index (χ0n) is 21.3. The van der Waals surface area contributed by atoms with Gasteiger partial charge in [0.05, 0.1) is 26.1 Å². The number of fused-ring (bicyclic) bond motifs is 1. The first kappa shape index (κ1) is 24.6. The molecule has 1 N–H and O–H groups in total. The molecular formula is C31H39O3P. The smallest absolute Gasteiger partial charge is 0.138 e. The Labute approximate surface area is 211 Å². The molecule has 3 aromatic rings. The second-order valence-corrected chi connectivity index (χ2v) is 12.9. The van der Waals surface area contributed by atoms with Gasteiger partial charge in [0.1, 0.15) is 11.5 Å². The first-order valence-corrected chi connectivity index (χ1v) is 14.9. The van der Waals surface area contributed by atoms with Crippen molar-refractivity contribution in [1.82, 2.24) is 0 Å². The van der Waals surface area contributed by atoms with Gasteiger partial charge in [-0.25, -0.2) is 0 Å². The molecule has 2 fully saturated rings. The molecule has 0 saturated heterocycles. The molecule has 0 unspecified atom stereocenters. The lowest BCUT2D eigenvalue weighted by Gasteiger charge is -2.40. The number of rotatable bonds is 7. The van der Waals surface area contributed by atoms with Crippen LogP contribution in [0.4, 0.5) is 0 Å². The highest BCUT2D eigenvalue weighted by atomic mass is 31.1. The molecule has 4 heteroatoms. The van der Waals surface area contributed by atoms with Crippen molar-refractivity contribution in [3.63, 3.8) is 0 Å². The zero-order valence-corrected chi connectivity index (χ0v) is 22.2. The number of ether oxygens (including phenoxy) is 2. The Bertz CT molecular complexity index is 1130. The molecule has 0 heterocycles. The van der Waals surface area contributed by atoms with Crippen molar-refractivity contribution in [1.29, 1.82) is 0 Å². The molecule has 35 heavy (non-hydrogen) atoms. The predicted molar refractivity (Wildman–Crippen MR) is 149 cm³/mol. The second-order valence-electron chi connectivity index (χ2n) is 10.2. The van der Waals surface area contributed by atoms with Crippen LogP contribution in [0.25, 0.3) is 21.9 Å². The van der Waals surface area contributed by atoms with Gasteiger partial charge in [0.15, 0.2) is 0 Å². The summed E-state index contributed by atoms with van der Waals surface area (Å²) in [7, 11) is 3.26. The van der Waals surface area contributed by atoms with Crippen molar-refractivity contribution in [3.8, 4) is 22.6 Å². The van der Waals surface area contributed by atoms with Crippen LogP contribution in [-0.2, 0) is 6.61 Å². The summed E-state index contributed by atoms with van der Waals surface area (Å²) in [6.07, 6.45) is 13.5. The Hall–Kier alpha value is -2.09. The first-order chi connectivity index (χ1) is 17.3. The maximum atomic E-state index is 9.93. The molecule has 0 atom stereocenters. The van der Waals surface area contributed by atoms with Crippen molar-refractivity contribution in [2.75, 3.05) is 14.2 Å². The molecule has 2 saturated carbocycles. The number of aliphatic hydroxyl groups is 1. The van der Waals surface area contributed by atoms with Gasteiger partial charge < -0.3 is 14.6 Å². The fraction of sp³-hybridized carbons (Fsp3) is 0.484. The van der Waals surface area contributed by atoms with Gasteiger partial charge in [-0.15, -0.1) is 0 Å². The number of benzene rings is 3. The topological polar surface area (TPSA) is 38.7 Å². The lowest BCUT2D eigenvalue weighted by molar-refractivity contribution is 0.283. The Morgan fingerprint density at radius 1 is 0.714 bits per heavy atom. The Morgan fingerprint density at radius 3 is 1.89 bits per heavy atom. The summed E-state index contributed by atoms with van der Waals surface area (Å²) in [5.74, 6) is 2.01. The number of aliphatic hydroxyl groups excluding tert-OH is 1. The lowest BCUT2D eigenvalue weighted by atomic mass is 9.94. The summed E-state index contributed by atoms with van der Waals surface area (Å²) in [6.45, 7) is 0.0421. The first-order valence-electron chi connectivity index (χ1n) is 13.4. The third-order valence-electron chi connectivity index (χ3n) is 8.19. The van der Waals surface area contributed by atoms with Crippen molar-refractivity contribution in [3.05, 3.63) is 54.1 Å². The molecule has 186 valence electrons. The Morgan fingerprint density at radius 2 is 1.31 bits per heavy atom. The summed E-state index contributed by atoms with van der Waals surface area (Å²) in [6, 6.07) is 17.0. The summed E-state index contributed by atoms with van der Waals surface area (Å²) in [5.41, 5.74) is 4.79. The Kier molecular flexibility index (Phi) is 7.95. The molecule has 0 aromatic heterocycles. The monoisotopic (exact) mass is 490 g/mol. The van der Waals surface area contributed by atoms with Crippen LogP contribution in [0.1, 0.15) is 69.8 Å². The van der Waals surface area contributed by atoms with Gasteiger partial charge in [-0.05, 0) is 71.0 Å². The average Bonchev–Trinajstić information content (AvgIpc) is 2.93. The minimum absolute atomic E-state index is 0.0421. The maximum absolute atomic E-state index is 9.93. The fourth-order valence-electron chi connectivity index (χ4n) is 6.50. The van der Waals surface area contributed by atoms with Gasteiger partial charge >= 0.3 is 0 Å². The van der Waals surface area contributed by atoms with Gasteiger partial charge in [0.25, 0.3) is 0 Å². The van der Waals surface area contributed by atoms with E-state index in [0.717, 1.165) is 44.7 Å². The predicted octanol–water partition coefficient (Wildman–Crippen LogP) is 7.79. The van der Waals surface area contributed by atoms with E-state index in [2.05, 4.69) is 42.5 Å². The normalized spacial score (nSPS) is 17.7. The molecule has 5 rings (SSSR count). The van der Waals surface area contributed by atoms with E-state index in [-0.39, 0.29) is 6.61 Å². The molecule has 2 aliphatic rings. The summed E-state index contributed by atoms with van der Waals surface area (Å²) in [5, 5.41) is 13.6. The molecule has 0 spiro atoms. The van der Waals surface area contributed by atoms with Crippen LogP contribution in [0, 0.1) is 0 Å². The van der Waals surface area contributed by atoms with Crippen LogP contribution in [0.15, 0.2) is 48.5 Å². The highest BCUT2D eigenvalue weighted by Gasteiger charge is 2.37. The third-order valence-corrected chi connectivity index (χ3v) is 11.7. The second kappa shape index (κ2) is 11.3. The van der Waals surface area contributed by atoms with Crippen LogP contribution < -0.4 is 14.8 Å². The van der Waals surface area contributed by atoms with Gasteiger partial charge in [-0.3, -0.25) is 0 Å². The lowest BCUT2D eigenvalue weighted by Crippen LogP contribution is -2.28. The fourth-order valence-corrected chi connectivity index (χ4v) is 10.5. The van der Waals surface area contributed by atoms with Crippen molar-refractivity contribution >= 4 is 24.0 Å². The molecular weight excluding hydrogens is 451 g/mol. The highest BCUT2D eigenvalue weighted by molar-refractivity contribution is 7.67. The maximum Gasteiger partial charge on any atom is 0.138 e. The Balaban J connectivity index is 1.71. The standard InChI is InChI=1S/C31H39O3P/c1-33-29-20-19-28(27-18-17-22(21-32)25-15-9-10-16-26(25)27)30(34-2)31(29)35(23-11-5-3-6-12-23)24-13-7-4-8-14-24/h9-10,15-20,23-24,32H,3-8,11-14,21H2,1-2H3. The minimum Gasteiger partial charge on any atom is -0.496 e. The summed E-state index contributed by atoms with van der Waals surface area (Å²) >= 11 is 0. The molecule has 2 aliphatic carbocycles. The highest BCUT2D eigenvalue weighted by Crippen LogP contribution is 2.59. The summed E-state index contributed by atoms with van der Waals surface area (Å²) in [4.78, 5) is 0. The van der Waals surface area contributed by atoms with Crippen molar-refractivity contribution in [2.24, 2.45) is 0 Å². The van der Waals surface area contributed by atoms with E-state index in [0.29, 0.717) is 0 Å². The molecule has 0 radical (unpaired) electrons. The van der Waals surface area contributed by atoms with Crippen LogP contribution >= 0.6 is 7.92 Å². The van der Waals surface area contributed by atoms with E-state index in [1.165, 1.54) is 75.1 Å². The van der Waals surface area contributed by atoms with Crippen molar-refractivity contribution < 1.29 is 14.6 Å². The molecule has 0 bridgehead atoms. The summed E-state index contributed by atoms with van der Waals surface area (Å²) < 4.78 is 12.4. The number of hydrogen-bond acceptors (Lipinski definition) is 3. The quantitative estimate of drug-likeness (QED) is 0.344. The zero-order chi connectivity index (χ0) is 24.2. The van der Waals surface area contributed by atoms with E-state index < -0.39 is 7.92 Å². The SMILES string of the molecule is COc1ccc(-c2ccc(CO)c3ccccc23)c(OC)c1P(C1CCCCC1)C1CCCCC1. The van der Waals surface area contributed by atoms with Gasteiger partial charge in [-0.2, -0.15) is 0 Å². The van der Waals surface area contributed by atoms with Crippen LogP contribution in [0.5, 0.6) is 11.5 Å². The molecule has 0 aliphatic heterocycles. The largest absolute Gasteiger partial charge is 0.496 e.